The lowest BCUT2D eigenvalue weighted by Gasteiger charge is -2.14. The molecular weight excluding hydrogens is 488 g/mol. The van der Waals surface area contributed by atoms with Crippen molar-refractivity contribution in [1.82, 2.24) is 4.90 Å². The van der Waals surface area contributed by atoms with Gasteiger partial charge in [-0.2, -0.15) is 0 Å². The Balaban J connectivity index is 1.35. The van der Waals surface area contributed by atoms with Crippen molar-refractivity contribution in [3.05, 3.63) is 99.9 Å². The molecule has 0 bridgehead atoms. The van der Waals surface area contributed by atoms with Crippen LogP contribution in [0.1, 0.15) is 11.1 Å². The van der Waals surface area contributed by atoms with Crippen LogP contribution in [0.25, 0.3) is 6.08 Å². The van der Waals surface area contributed by atoms with Crippen LogP contribution < -0.4 is 10.1 Å². The fourth-order valence-corrected chi connectivity index (χ4v) is 4.87. The molecule has 1 N–H and O–H groups in total. The minimum Gasteiger partial charge on any atom is -0.482 e. The Hall–Kier alpha value is -3.13. The van der Waals surface area contributed by atoms with Crippen molar-refractivity contribution in [3.8, 4) is 5.75 Å². The summed E-state index contributed by atoms with van der Waals surface area (Å²) >= 11 is 13.1. The first kappa shape index (κ1) is 24.0. The number of hydrogen-bond donors (Lipinski definition) is 1. The third kappa shape index (κ3) is 6.26. The highest BCUT2D eigenvalue weighted by atomic mass is 35.5. The summed E-state index contributed by atoms with van der Waals surface area (Å²) in [6, 6.07) is 24.3. The Morgan fingerprint density at radius 1 is 1.06 bits per heavy atom. The van der Waals surface area contributed by atoms with Gasteiger partial charge >= 0.3 is 0 Å². The summed E-state index contributed by atoms with van der Waals surface area (Å²) in [5, 5.41) is 3.10. The van der Waals surface area contributed by atoms with E-state index >= 15 is 0 Å². The number of para-hydroxylation sites is 1. The molecule has 1 aliphatic rings. The molecule has 0 saturated carbocycles. The Kier molecular flexibility index (Phi) is 8.00. The van der Waals surface area contributed by atoms with Crippen LogP contribution in [0.15, 0.2) is 83.8 Å². The highest BCUT2D eigenvalue weighted by Crippen LogP contribution is 2.34. The van der Waals surface area contributed by atoms with Gasteiger partial charge in [0.15, 0.2) is 6.61 Å². The number of anilines is 1. The number of thioether (sulfide) groups is 1. The second kappa shape index (κ2) is 11.3. The van der Waals surface area contributed by atoms with E-state index in [1.807, 2.05) is 48.5 Å². The zero-order valence-corrected chi connectivity index (χ0v) is 20.5. The molecule has 1 fully saturated rings. The van der Waals surface area contributed by atoms with Gasteiger partial charge in [-0.1, -0.05) is 90.2 Å². The van der Waals surface area contributed by atoms with Crippen LogP contribution >= 0.6 is 35.6 Å². The third-order valence-electron chi connectivity index (χ3n) is 5.01. The average Bonchev–Trinajstić information content (AvgIpc) is 3.10. The first-order valence-electron chi connectivity index (χ1n) is 10.6. The molecule has 0 atom stereocenters. The molecular formula is C26H21ClN2O3S2. The topological polar surface area (TPSA) is 58.6 Å². The molecule has 2 amide bonds. The number of ether oxygens (including phenoxy) is 1. The SMILES string of the molecule is O=C(COc1ccc(/C=C2\SC(=S)N(CCc3ccccc3)C2=O)cc1Cl)Nc1ccccc1. The van der Waals surface area contributed by atoms with Crippen LogP contribution in [0.2, 0.25) is 5.02 Å². The monoisotopic (exact) mass is 508 g/mol. The summed E-state index contributed by atoms with van der Waals surface area (Å²) in [7, 11) is 0. The van der Waals surface area contributed by atoms with Crippen molar-refractivity contribution in [1.29, 1.82) is 0 Å². The first-order chi connectivity index (χ1) is 16.5. The van der Waals surface area contributed by atoms with Crippen LogP contribution in [0, 0.1) is 0 Å². The van der Waals surface area contributed by atoms with Crippen LogP contribution in [0.4, 0.5) is 5.69 Å². The lowest BCUT2D eigenvalue weighted by atomic mass is 10.1. The van der Waals surface area contributed by atoms with Crippen LogP contribution in [-0.2, 0) is 16.0 Å². The fourth-order valence-electron chi connectivity index (χ4n) is 3.32. The smallest absolute Gasteiger partial charge is 0.266 e. The van der Waals surface area contributed by atoms with Gasteiger partial charge in [0.25, 0.3) is 11.8 Å². The molecule has 172 valence electrons. The molecule has 0 aliphatic carbocycles. The van der Waals surface area contributed by atoms with Gasteiger partial charge < -0.3 is 10.1 Å². The van der Waals surface area contributed by atoms with E-state index in [-0.39, 0.29) is 18.4 Å². The minimum atomic E-state index is -0.287. The molecule has 1 heterocycles. The molecule has 0 unspecified atom stereocenters. The van der Waals surface area contributed by atoms with E-state index in [2.05, 4.69) is 5.32 Å². The summed E-state index contributed by atoms with van der Waals surface area (Å²) in [4.78, 5) is 27.1. The lowest BCUT2D eigenvalue weighted by molar-refractivity contribution is -0.122. The number of nitrogens with one attached hydrogen (secondary N) is 1. The average molecular weight is 509 g/mol. The van der Waals surface area contributed by atoms with Crippen molar-refractivity contribution in [3.63, 3.8) is 0 Å². The molecule has 0 radical (unpaired) electrons. The number of hydrogen-bond acceptors (Lipinski definition) is 5. The third-order valence-corrected chi connectivity index (χ3v) is 6.68. The molecule has 3 aromatic rings. The highest BCUT2D eigenvalue weighted by Gasteiger charge is 2.31. The maximum Gasteiger partial charge on any atom is 0.266 e. The van der Waals surface area contributed by atoms with E-state index in [1.165, 1.54) is 11.8 Å². The van der Waals surface area contributed by atoms with Crippen molar-refractivity contribution in [2.45, 2.75) is 6.42 Å². The number of carbonyl (C=O) groups excluding carboxylic acids is 2. The molecule has 3 aromatic carbocycles. The Labute approximate surface area is 212 Å². The first-order valence-corrected chi connectivity index (χ1v) is 12.2. The van der Waals surface area contributed by atoms with E-state index in [9.17, 15) is 9.59 Å². The van der Waals surface area contributed by atoms with Crippen molar-refractivity contribution < 1.29 is 14.3 Å². The van der Waals surface area contributed by atoms with E-state index in [4.69, 9.17) is 28.6 Å². The number of benzene rings is 3. The van der Waals surface area contributed by atoms with Gasteiger partial charge in [0.05, 0.1) is 9.93 Å². The van der Waals surface area contributed by atoms with Gasteiger partial charge in [-0.15, -0.1) is 0 Å². The minimum absolute atomic E-state index is 0.111. The van der Waals surface area contributed by atoms with E-state index in [1.54, 1.807) is 41.3 Å². The number of halogens is 1. The Morgan fingerprint density at radius 3 is 2.47 bits per heavy atom. The van der Waals surface area contributed by atoms with Crippen molar-refractivity contribution in [2.24, 2.45) is 0 Å². The summed E-state index contributed by atoms with van der Waals surface area (Å²) in [6.45, 7) is 0.360. The van der Waals surface area contributed by atoms with Gasteiger partial charge in [0, 0.05) is 12.2 Å². The lowest BCUT2D eigenvalue weighted by Crippen LogP contribution is -2.30. The molecule has 34 heavy (non-hydrogen) atoms. The van der Waals surface area contributed by atoms with Crippen molar-refractivity contribution >= 4 is 63.5 Å². The summed E-state index contributed by atoms with van der Waals surface area (Å²) < 4.78 is 6.10. The van der Waals surface area contributed by atoms with E-state index in [0.717, 1.165) is 17.5 Å². The summed E-state index contributed by atoms with van der Waals surface area (Å²) in [5.74, 6) is -0.0112. The molecule has 5 nitrogen and oxygen atoms in total. The zero-order valence-electron chi connectivity index (χ0n) is 18.1. The Morgan fingerprint density at radius 2 is 1.76 bits per heavy atom. The number of rotatable bonds is 8. The largest absolute Gasteiger partial charge is 0.482 e. The number of thiocarbonyl (C=S) groups is 1. The van der Waals surface area contributed by atoms with Gasteiger partial charge in [0.1, 0.15) is 10.1 Å². The highest BCUT2D eigenvalue weighted by molar-refractivity contribution is 8.26. The number of amides is 2. The van der Waals surface area contributed by atoms with E-state index < -0.39 is 0 Å². The standard InChI is InChI=1S/C26H21ClN2O3S2/c27-21-15-19(11-12-22(21)32-17-24(30)28-20-9-5-2-6-10-20)16-23-25(31)29(26(33)34-23)14-13-18-7-3-1-4-8-18/h1-12,15-16H,13-14,17H2,(H,28,30)/b23-16-. The molecule has 0 aromatic heterocycles. The number of carbonyl (C=O) groups is 2. The summed E-state index contributed by atoms with van der Waals surface area (Å²) in [6.07, 6.45) is 2.50. The van der Waals surface area contributed by atoms with Crippen LogP contribution in [-0.4, -0.2) is 34.2 Å². The molecule has 0 spiro atoms. The maximum absolute atomic E-state index is 12.9. The predicted octanol–water partition coefficient (Wildman–Crippen LogP) is 5.80. The molecule has 1 aliphatic heterocycles. The molecule has 8 heteroatoms. The normalized spacial score (nSPS) is 14.5. The van der Waals surface area contributed by atoms with Crippen LogP contribution in [0.5, 0.6) is 5.75 Å². The van der Waals surface area contributed by atoms with Crippen molar-refractivity contribution in [2.75, 3.05) is 18.5 Å². The predicted molar refractivity (Wildman–Crippen MR) is 142 cm³/mol. The molecule has 4 rings (SSSR count). The Bertz CT molecular complexity index is 1230. The zero-order chi connectivity index (χ0) is 23.9. The second-order valence-electron chi connectivity index (χ2n) is 7.46. The van der Waals surface area contributed by atoms with Gasteiger partial charge in [-0.25, -0.2) is 0 Å². The quantitative estimate of drug-likeness (QED) is 0.308. The van der Waals surface area contributed by atoms with Crippen LogP contribution in [0.3, 0.4) is 0 Å². The van der Waals surface area contributed by atoms with Gasteiger partial charge in [-0.3, -0.25) is 14.5 Å². The fraction of sp³-hybridized carbons (Fsp3) is 0.115. The maximum atomic E-state index is 12.9. The summed E-state index contributed by atoms with van der Waals surface area (Å²) in [5.41, 5.74) is 2.59. The van der Waals surface area contributed by atoms with Gasteiger partial charge in [-0.05, 0) is 47.9 Å². The number of nitrogens with zero attached hydrogens (tertiary/aromatic N) is 1. The van der Waals surface area contributed by atoms with E-state index in [0.29, 0.717) is 32.2 Å². The molecule has 1 saturated heterocycles. The van der Waals surface area contributed by atoms with Gasteiger partial charge in [0.2, 0.25) is 0 Å². The second-order valence-corrected chi connectivity index (χ2v) is 9.54.